The molecular formula is C26H25ClN8O2S2. The fourth-order valence-corrected chi connectivity index (χ4v) is 6.42. The van der Waals surface area contributed by atoms with Gasteiger partial charge in [0, 0.05) is 23.7 Å². The van der Waals surface area contributed by atoms with E-state index in [1.54, 1.807) is 12.3 Å². The van der Waals surface area contributed by atoms with Crippen molar-refractivity contribution < 1.29 is 9.59 Å². The van der Waals surface area contributed by atoms with Crippen molar-refractivity contribution in [2.75, 3.05) is 27.4 Å². The van der Waals surface area contributed by atoms with Crippen molar-refractivity contribution in [3.63, 3.8) is 0 Å². The predicted molar refractivity (Wildman–Crippen MR) is 155 cm³/mol. The van der Waals surface area contributed by atoms with Crippen LogP contribution in [0.3, 0.4) is 0 Å². The van der Waals surface area contributed by atoms with Gasteiger partial charge in [0.2, 0.25) is 11.9 Å². The second kappa shape index (κ2) is 10.9. The third kappa shape index (κ3) is 5.32. The number of carbonyl (C=O) groups is 2. The third-order valence-corrected chi connectivity index (χ3v) is 8.73. The number of thiazole rings is 2. The molecule has 4 heterocycles. The highest BCUT2D eigenvalue weighted by atomic mass is 35.5. The summed E-state index contributed by atoms with van der Waals surface area (Å²) in [4.78, 5) is 46.7. The number of benzene rings is 1. The Bertz CT molecular complexity index is 1520. The van der Waals surface area contributed by atoms with E-state index in [0.29, 0.717) is 44.2 Å². The lowest BCUT2D eigenvalue weighted by molar-refractivity contribution is -0.117. The number of para-hydroxylation sites is 1. The van der Waals surface area contributed by atoms with Crippen LogP contribution in [0.25, 0.3) is 0 Å². The summed E-state index contributed by atoms with van der Waals surface area (Å²) in [5, 5.41) is 12.6. The van der Waals surface area contributed by atoms with Crippen LogP contribution < -0.4 is 20.9 Å². The normalized spacial score (nSPS) is 16.3. The molecule has 0 radical (unpaired) electrons. The second-order valence-electron chi connectivity index (χ2n) is 9.37. The van der Waals surface area contributed by atoms with E-state index in [0.717, 1.165) is 48.9 Å². The maximum atomic E-state index is 13.0. The van der Waals surface area contributed by atoms with Gasteiger partial charge in [-0.05, 0) is 50.7 Å². The van der Waals surface area contributed by atoms with Crippen LogP contribution in [0.4, 0.5) is 27.7 Å². The van der Waals surface area contributed by atoms with Crippen LogP contribution in [-0.4, -0.2) is 44.3 Å². The van der Waals surface area contributed by atoms with Crippen molar-refractivity contribution in [3.05, 3.63) is 62.7 Å². The van der Waals surface area contributed by atoms with E-state index in [2.05, 4.69) is 25.9 Å². The van der Waals surface area contributed by atoms with Gasteiger partial charge in [0.05, 0.1) is 22.6 Å². The molecule has 0 unspecified atom stereocenters. The molecule has 4 aromatic rings. The Morgan fingerprint density at radius 1 is 1.10 bits per heavy atom. The molecule has 6 rings (SSSR count). The van der Waals surface area contributed by atoms with Gasteiger partial charge in [-0.3, -0.25) is 9.59 Å². The van der Waals surface area contributed by atoms with E-state index >= 15 is 0 Å². The minimum absolute atomic E-state index is 0.106. The molecule has 1 aliphatic carbocycles. The van der Waals surface area contributed by atoms with Gasteiger partial charge in [0.25, 0.3) is 5.91 Å². The molecule has 1 aliphatic heterocycles. The third-order valence-electron chi connectivity index (χ3n) is 6.81. The average Bonchev–Trinajstić information content (AvgIpc) is 3.72. The van der Waals surface area contributed by atoms with Crippen LogP contribution in [0.15, 0.2) is 36.0 Å². The van der Waals surface area contributed by atoms with Gasteiger partial charge in [-0.2, -0.15) is 4.98 Å². The van der Waals surface area contributed by atoms with Gasteiger partial charge in [0.15, 0.2) is 10.3 Å². The quantitative estimate of drug-likeness (QED) is 0.264. The van der Waals surface area contributed by atoms with E-state index < -0.39 is 0 Å². The summed E-state index contributed by atoms with van der Waals surface area (Å²) in [7, 11) is 0. The van der Waals surface area contributed by atoms with Crippen LogP contribution in [-0.2, 0) is 17.6 Å². The van der Waals surface area contributed by atoms with Crippen molar-refractivity contribution >= 4 is 73.8 Å². The Labute approximate surface area is 237 Å². The molecule has 39 heavy (non-hydrogen) atoms. The Morgan fingerprint density at radius 2 is 2.00 bits per heavy atom. The number of aryl methyl sites for hydroxylation is 2. The smallest absolute Gasteiger partial charge is 0.267 e. The zero-order valence-electron chi connectivity index (χ0n) is 21.0. The number of hydrogen-bond donors (Lipinski definition) is 3. The van der Waals surface area contributed by atoms with Crippen LogP contribution in [0, 0.1) is 6.92 Å². The maximum Gasteiger partial charge on any atom is 0.267 e. The largest absolute Gasteiger partial charge is 0.329 e. The number of rotatable bonds is 7. The zero-order valence-corrected chi connectivity index (χ0v) is 23.4. The van der Waals surface area contributed by atoms with Crippen molar-refractivity contribution in [1.82, 2.24) is 19.9 Å². The summed E-state index contributed by atoms with van der Waals surface area (Å²) in [6.45, 7) is 2.58. The van der Waals surface area contributed by atoms with Crippen LogP contribution in [0.5, 0.6) is 0 Å². The highest BCUT2D eigenvalue weighted by molar-refractivity contribution is 7.17. The fourth-order valence-electron chi connectivity index (χ4n) is 4.91. The molecule has 13 heteroatoms. The summed E-state index contributed by atoms with van der Waals surface area (Å²) >= 11 is 8.90. The molecule has 1 fully saturated rings. The fraction of sp³-hybridized carbons (Fsp3) is 0.308. The van der Waals surface area contributed by atoms with Crippen LogP contribution in [0.2, 0.25) is 5.02 Å². The molecule has 3 aromatic heterocycles. The van der Waals surface area contributed by atoms with Crippen LogP contribution >= 0.6 is 34.3 Å². The Morgan fingerprint density at radius 3 is 2.82 bits per heavy atom. The first-order chi connectivity index (χ1) is 19.0. The van der Waals surface area contributed by atoms with Gasteiger partial charge in [-0.1, -0.05) is 35.1 Å². The highest BCUT2D eigenvalue weighted by Crippen LogP contribution is 2.34. The number of hydrogen-bond acceptors (Lipinski definition) is 10. The molecule has 0 spiro atoms. The Balaban J connectivity index is 1.22. The van der Waals surface area contributed by atoms with Crippen LogP contribution in [0.1, 0.15) is 45.8 Å². The van der Waals surface area contributed by atoms with Gasteiger partial charge in [0.1, 0.15) is 16.7 Å². The lowest BCUT2D eigenvalue weighted by atomic mass is 10.2. The predicted octanol–water partition coefficient (Wildman–Crippen LogP) is 5.44. The summed E-state index contributed by atoms with van der Waals surface area (Å²) in [5.41, 5.74) is 3.50. The van der Waals surface area contributed by atoms with Gasteiger partial charge in [-0.15, -0.1) is 11.3 Å². The van der Waals surface area contributed by atoms with E-state index in [1.165, 1.54) is 28.9 Å². The van der Waals surface area contributed by atoms with E-state index in [9.17, 15) is 9.59 Å². The summed E-state index contributed by atoms with van der Waals surface area (Å²) in [5.74, 6) is 0.808. The van der Waals surface area contributed by atoms with Gasteiger partial charge in [-0.25, -0.2) is 15.0 Å². The molecule has 0 bridgehead atoms. The minimum atomic E-state index is -0.371. The van der Waals surface area contributed by atoms with E-state index in [4.69, 9.17) is 21.6 Å². The van der Waals surface area contributed by atoms with Gasteiger partial charge >= 0.3 is 0 Å². The number of anilines is 5. The molecule has 200 valence electrons. The number of amides is 2. The molecule has 0 saturated carbocycles. The van der Waals surface area contributed by atoms with Crippen molar-refractivity contribution in [1.29, 1.82) is 0 Å². The molecule has 1 aromatic carbocycles. The second-order valence-corrected chi connectivity index (χ2v) is 11.7. The van der Waals surface area contributed by atoms with Crippen molar-refractivity contribution in [3.8, 4) is 0 Å². The topological polar surface area (TPSA) is 125 Å². The minimum Gasteiger partial charge on any atom is -0.329 e. The van der Waals surface area contributed by atoms with Gasteiger partial charge < -0.3 is 20.9 Å². The summed E-state index contributed by atoms with van der Waals surface area (Å²) in [6.07, 6.45) is 7.49. The average molecular weight is 581 g/mol. The van der Waals surface area contributed by atoms with E-state index in [-0.39, 0.29) is 17.9 Å². The number of nitrogens with one attached hydrogen (secondary N) is 3. The highest BCUT2D eigenvalue weighted by Gasteiger charge is 2.34. The number of halogens is 1. The standard InChI is InChI=1S/C26H25ClN8O2S2/c1-14-5-2-7-16(27)20(14)31-23(37)19-13-29-26(39-19)33-21-15-6-3-8-17(15)30-24(32-21)35-11-4-9-18(35)22(36)34-25-28-10-12-38-25/h2,5,7,10,12-13,18H,3-4,6,8-9,11H2,1H3,(H,31,37)(H,28,34,36)(H,29,30,32,33)/t18-/m0/s1. The molecule has 2 aliphatic rings. The molecule has 3 N–H and O–H groups in total. The molecule has 2 amide bonds. The zero-order chi connectivity index (χ0) is 26.9. The summed E-state index contributed by atoms with van der Waals surface area (Å²) in [6, 6.07) is 5.10. The lowest BCUT2D eigenvalue weighted by Gasteiger charge is -2.24. The van der Waals surface area contributed by atoms with Crippen molar-refractivity contribution in [2.24, 2.45) is 0 Å². The maximum absolute atomic E-state index is 13.0. The molecule has 10 nitrogen and oxygen atoms in total. The molecule has 1 saturated heterocycles. The number of fused-ring (bicyclic) bond motifs is 1. The molecule has 1 atom stereocenters. The first-order valence-electron chi connectivity index (χ1n) is 12.6. The first kappa shape index (κ1) is 25.7. The monoisotopic (exact) mass is 580 g/mol. The Hall–Kier alpha value is -3.61. The first-order valence-corrected chi connectivity index (χ1v) is 14.7. The van der Waals surface area contributed by atoms with Crippen molar-refractivity contribution in [2.45, 2.75) is 45.1 Å². The molecular weight excluding hydrogens is 556 g/mol. The van der Waals surface area contributed by atoms with E-state index in [1.807, 2.05) is 29.3 Å². The lowest BCUT2D eigenvalue weighted by Crippen LogP contribution is -2.40. The summed E-state index contributed by atoms with van der Waals surface area (Å²) < 4.78 is 0. The number of nitrogens with zero attached hydrogens (tertiary/aromatic N) is 5. The number of carbonyl (C=O) groups excluding carboxylic acids is 2. The SMILES string of the molecule is Cc1cccc(Cl)c1NC(=O)c1cnc(Nc2nc(N3CCC[C@H]3C(=O)Nc3nccs3)nc3c2CCC3)s1. The Kier molecular flexibility index (Phi) is 7.15. The number of aromatic nitrogens is 4.